The first-order valence-corrected chi connectivity index (χ1v) is 9.88. The van der Waals surface area contributed by atoms with E-state index in [1.54, 1.807) is 36.4 Å². The van der Waals surface area contributed by atoms with Crippen molar-refractivity contribution < 1.29 is 13.2 Å². The lowest BCUT2D eigenvalue weighted by Gasteiger charge is -2.11. The van der Waals surface area contributed by atoms with Gasteiger partial charge in [-0.15, -0.1) is 0 Å². The fraction of sp³-hybridized carbons (Fsp3) is 0.0476. The zero-order valence-corrected chi connectivity index (χ0v) is 15.8. The Bertz CT molecular complexity index is 1160. The van der Waals surface area contributed by atoms with Crippen LogP contribution in [-0.2, 0) is 10.0 Å². The standard InChI is InChI=1S/C21H17N3O3S/c1-15-6-2-4-8-19(15)24-28(26,27)18-12-10-16(11-13-18)21(25)23-20-9-5-3-7-17(20)14-22/h2-13,24H,1H3,(H,23,25). The van der Waals surface area contributed by atoms with Crippen molar-refractivity contribution in [3.8, 4) is 6.07 Å². The first kappa shape index (κ1) is 19.1. The fourth-order valence-corrected chi connectivity index (χ4v) is 3.69. The molecule has 3 aromatic carbocycles. The van der Waals surface area contributed by atoms with Crippen LogP contribution < -0.4 is 10.0 Å². The smallest absolute Gasteiger partial charge is 0.261 e. The molecule has 0 heterocycles. The molecule has 2 N–H and O–H groups in total. The number of nitrogens with zero attached hydrogens (tertiary/aromatic N) is 1. The first-order valence-electron chi connectivity index (χ1n) is 8.40. The number of nitriles is 1. The van der Waals surface area contributed by atoms with Crippen molar-refractivity contribution in [2.75, 3.05) is 10.0 Å². The van der Waals surface area contributed by atoms with Crippen molar-refractivity contribution in [3.05, 3.63) is 89.5 Å². The third kappa shape index (κ3) is 4.19. The second-order valence-electron chi connectivity index (χ2n) is 6.06. The lowest BCUT2D eigenvalue weighted by molar-refractivity contribution is 0.102. The highest BCUT2D eigenvalue weighted by molar-refractivity contribution is 7.92. The summed E-state index contributed by atoms with van der Waals surface area (Å²) in [5.74, 6) is -0.432. The number of aryl methyl sites for hydroxylation is 1. The Labute approximate surface area is 163 Å². The van der Waals surface area contributed by atoms with E-state index in [-0.39, 0.29) is 10.5 Å². The van der Waals surface area contributed by atoms with Crippen LogP contribution >= 0.6 is 0 Å². The third-order valence-corrected chi connectivity index (χ3v) is 5.49. The number of benzene rings is 3. The Balaban J connectivity index is 1.78. The minimum Gasteiger partial charge on any atom is -0.321 e. The highest BCUT2D eigenvalue weighted by Crippen LogP contribution is 2.20. The Morgan fingerprint density at radius 1 is 0.893 bits per heavy atom. The molecule has 0 aliphatic rings. The molecular weight excluding hydrogens is 374 g/mol. The predicted molar refractivity (Wildman–Crippen MR) is 108 cm³/mol. The zero-order valence-electron chi connectivity index (χ0n) is 15.0. The average Bonchev–Trinajstić information content (AvgIpc) is 2.70. The maximum absolute atomic E-state index is 12.6. The number of carbonyl (C=O) groups is 1. The number of para-hydroxylation sites is 2. The number of carbonyl (C=O) groups excluding carboxylic acids is 1. The van der Waals surface area contributed by atoms with Crippen molar-refractivity contribution in [2.24, 2.45) is 0 Å². The monoisotopic (exact) mass is 391 g/mol. The SMILES string of the molecule is Cc1ccccc1NS(=O)(=O)c1ccc(C(=O)Nc2ccccc2C#N)cc1. The molecule has 0 aliphatic heterocycles. The largest absolute Gasteiger partial charge is 0.321 e. The van der Waals surface area contributed by atoms with Crippen LogP contribution in [0.5, 0.6) is 0 Å². The lowest BCUT2D eigenvalue weighted by atomic mass is 10.1. The van der Waals surface area contributed by atoms with E-state index >= 15 is 0 Å². The summed E-state index contributed by atoms with van der Waals surface area (Å²) in [5, 5.41) is 11.8. The fourth-order valence-electron chi connectivity index (χ4n) is 2.56. The average molecular weight is 391 g/mol. The summed E-state index contributed by atoms with van der Waals surface area (Å²) in [6, 6.07) is 21.3. The first-order chi connectivity index (χ1) is 13.4. The molecule has 0 bridgehead atoms. The van der Waals surface area contributed by atoms with Gasteiger partial charge in [0, 0.05) is 5.56 Å². The molecule has 140 valence electrons. The van der Waals surface area contributed by atoms with Crippen LogP contribution in [0, 0.1) is 18.3 Å². The molecule has 0 saturated carbocycles. The molecule has 0 radical (unpaired) electrons. The Hall–Kier alpha value is -3.63. The quantitative estimate of drug-likeness (QED) is 0.688. The summed E-state index contributed by atoms with van der Waals surface area (Å²) in [5.41, 5.74) is 2.32. The molecule has 3 aromatic rings. The topological polar surface area (TPSA) is 99.1 Å². The highest BCUT2D eigenvalue weighted by atomic mass is 32.2. The van der Waals surface area contributed by atoms with E-state index in [9.17, 15) is 13.2 Å². The Morgan fingerprint density at radius 3 is 2.14 bits per heavy atom. The van der Waals surface area contributed by atoms with Crippen molar-refractivity contribution in [2.45, 2.75) is 11.8 Å². The molecule has 3 rings (SSSR count). The molecular formula is C21H17N3O3S. The molecule has 7 heteroatoms. The summed E-state index contributed by atoms with van der Waals surface area (Å²) in [6.07, 6.45) is 0. The number of hydrogen-bond acceptors (Lipinski definition) is 4. The maximum Gasteiger partial charge on any atom is 0.261 e. The number of hydrogen-bond donors (Lipinski definition) is 2. The molecule has 0 unspecified atom stereocenters. The second-order valence-corrected chi connectivity index (χ2v) is 7.74. The van der Waals surface area contributed by atoms with Crippen molar-refractivity contribution >= 4 is 27.3 Å². The molecule has 0 fully saturated rings. The van der Waals surface area contributed by atoms with E-state index in [0.717, 1.165) is 5.56 Å². The number of amides is 1. The van der Waals surface area contributed by atoms with Gasteiger partial charge < -0.3 is 5.32 Å². The molecule has 0 aromatic heterocycles. The van der Waals surface area contributed by atoms with E-state index in [1.807, 2.05) is 25.1 Å². The summed E-state index contributed by atoms with van der Waals surface area (Å²) >= 11 is 0. The third-order valence-electron chi connectivity index (χ3n) is 4.11. The summed E-state index contributed by atoms with van der Waals surface area (Å²) in [4.78, 5) is 12.4. The summed E-state index contributed by atoms with van der Waals surface area (Å²) in [7, 11) is -3.77. The normalized spacial score (nSPS) is 10.7. The van der Waals surface area contributed by atoms with Crippen LogP contribution in [0.15, 0.2) is 77.7 Å². The zero-order chi connectivity index (χ0) is 20.1. The molecule has 6 nitrogen and oxygen atoms in total. The van der Waals surface area contributed by atoms with Gasteiger partial charge in [0.2, 0.25) is 0 Å². The van der Waals surface area contributed by atoms with Crippen molar-refractivity contribution in [3.63, 3.8) is 0 Å². The van der Waals surface area contributed by atoms with Crippen LogP contribution in [0.25, 0.3) is 0 Å². The molecule has 0 aliphatic carbocycles. The van der Waals surface area contributed by atoms with Gasteiger partial charge in [-0.25, -0.2) is 8.42 Å². The molecule has 0 spiro atoms. The maximum atomic E-state index is 12.6. The van der Waals surface area contributed by atoms with Crippen LogP contribution in [0.2, 0.25) is 0 Å². The van der Waals surface area contributed by atoms with E-state index in [1.165, 1.54) is 24.3 Å². The van der Waals surface area contributed by atoms with Gasteiger partial charge in [0.1, 0.15) is 6.07 Å². The molecule has 0 atom stereocenters. The molecule has 1 amide bonds. The van der Waals surface area contributed by atoms with Gasteiger partial charge >= 0.3 is 0 Å². The van der Waals surface area contributed by atoms with Gasteiger partial charge in [-0.1, -0.05) is 30.3 Å². The van der Waals surface area contributed by atoms with Gasteiger partial charge in [0.25, 0.3) is 15.9 Å². The number of anilines is 2. The van der Waals surface area contributed by atoms with E-state index in [4.69, 9.17) is 5.26 Å². The second kappa shape index (κ2) is 7.94. The van der Waals surface area contributed by atoms with Gasteiger partial charge in [-0.05, 0) is 55.0 Å². The van der Waals surface area contributed by atoms with Crippen molar-refractivity contribution in [1.29, 1.82) is 5.26 Å². The van der Waals surface area contributed by atoms with Gasteiger partial charge in [-0.2, -0.15) is 5.26 Å². The summed E-state index contributed by atoms with van der Waals surface area (Å²) in [6.45, 7) is 1.81. The minimum atomic E-state index is -3.77. The van der Waals surface area contributed by atoms with Crippen LogP contribution in [-0.4, -0.2) is 14.3 Å². The van der Waals surface area contributed by atoms with Gasteiger partial charge in [0.05, 0.1) is 21.8 Å². The van der Waals surface area contributed by atoms with E-state index in [0.29, 0.717) is 16.9 Å². The van der Waals surface area contributed by atoms with E-state index < -0.39 is 15.9 Å². The van der Waals surface area contributed by atoms with Crippen LogP contribution in [0.3, 0.4) is 0 Å². The number of rotatable bonds is 5. The van der Waals surface area contributed by atoms with Crippen LogP contribution in [0.4, 0.5) is 11.4 Å². The number of nitrogens with one attached hydrogen (secondary N) is 2. The van der Waals surface area contributed by atoms with Gasteiger partial charge in [-0.3, -0.25) is 9.52 Å². The number of sulfonamides is 1. The summed E-state index contributed by atoms with van der Waals surface area (Å²) < 4.78 is 27.7. The Kier molecular flexibility index (Phi) is 5.43. The lowest BCUT2D eigenvalue weighted by Crippen LogP contribution is -2.15. The predicted octanol–water partition coefficient (Wildman–Crippen LogP) is 3.92. The van der Waals surface area contributed by atoms with E-state index in [2.05, 4.69) is 10.0 Å². The van der Waals surface area contributed by atoms with Crippen LogP contribution in [0.1, 0.15) is 21.5 Å². The molecule has 0 saturated heterocycles. The van der Waals surface area contributed by atoms with Gasteiger partial charge in [0.15, 0.2) is 0 Å². The van der Waals surface area contributed by atoms with Crippen molar-refractivity contribution in [1.82, 2.24) is 0 Å². The Morgan fingerprint density at radius 2 is 1.50 bits per heavy atom. The highest BCUT2D eigenvalue weighted by Gasteiger charge is 2.16. The minimum absolute atomic E-state index is 0.0460. The molecule has 28 heavy (non-hydrogen) atoms.